The lowest BCUT2D eigenvalue weighted by Gasteiger charge is -2.26. The third kappa shape index (κ3) is 3.21. The van der Waals surface area contributed by atoms with E-state index < -0.39 is 0 Å². The first kappa shape index (κ1) is 18.7. The van der Waals surface area contributed by atoms with E-state index in [0.29, 0.717) is 30.1 Å². The van der Waals surface area contributed by atoms with Crippen LogP contribution in [-0.4, -0.2) is 46.4 Å². The molecule has 3 aromatic rings. The number of amides is 1. The molecule has 1 unspecified atom stereocenters. The largest absolute Gasteiger partial charge is 0.507 e. The Labute approximate surface area is 171 Å². The molecule has 1 atom stereocenters. The molecule has 0 bridgehead atoms. The Balaban J connectivity index is 1.85. The van der Waals surface area contributed by atoms with Crippen molar-refractivity contribution in [3.8, 4) is 17.0 Å². The number of aromatic hydroxyl groups is 1. The SMILES string of the molecule is COCCCN1C(=O)c2[nH]nc(-c3ccccc3O)c2C1c1cccc(Br)c1. The molecular weight excluding hydrogens is 422 g/mol. The molecule has 7 heteroatoms. The van der Waals surface area contributed by atoms with Crippen molar-refractivity contribution in [1.82, 2.24) is 15.1 Å². The van der Waals surface area contributed by atoms with Gasteiger partial charge in [0.05, 0.1) is 6.04 Å². The minimum Gasteiger partial charge on any atom is -0.507 e. The molecule has 0 saturated heterocycles. The molecule has 0 fully saturated rings. The van der Waals surface area contributed by atoms with Gasteiger partial charge in [-0.15, -0.1) is 0 Å². The molecule has 2 N–H and O–H groups in total. The van der Waals surface area contributed by atoms with Gasteiger partial charge in [0.25, 0.3) is 5.91 Å². The van der Waals surface area contributed by atoms with Crippen LogP contribution in [0.15, 0.2) is 53.0 Å². The molecule has 144 valence electrons. The van der Waals surface area contributed by atoms with E-state index in [9.17, 15) is 9.90 Å². The maximum Gasteiger partial charge on any atom is 0.273 e. The normalized spacial score (nSPS) is 15.9. The van der Waals surface area contributed by atoms with Crippen LogP contribution < -0.4 is 0 Å². The van der Waals surface area contributed by atoms with Gasteiger partial charge in [-0.25, -0.2) is 0 Å². The number of methoxy groups -OCH3 is 1. The molecule has 28 heavy (non-hydrogen) atoms. The number of rotatable bonds is 6. The van der Waals surface area contributed by atoms with E-state index in [-0.39, 0.29) is 17.7 Å². The van der Waals surface area contributed by atoms with Gasteiger partial charge in [0.1, 0.15) is 17.1 Å². The van der Waals surface area contributed by atoms with Crippen molar-refractivity contribution in [1.29, 1.82) is 0 Å². The predicted octanol–water partition coefficient (Wildman–Crippen LogP) is 4.13. The quantitative estimate of drug-likeness (QED) is 0.563. The van der Waals surface area contributed by atoms with E-state index in [1.807, 2.05) is 41.3 Å². The number of benzene rings is 2. The topological polar surface area (TPSA) is 78.5 Å². The Bertz CT molecular complexity index is 1020. The molecule has 0 aliphatic carbocycles. The van der Waals surface area contributed by atoms with Crippen LogP contribution in [0.3, 0.4) is 0 Å². The fourth-order valence-electron chi connectivity index (χ4n) is 3.71. The molecule has 6 nitrogen and oxygen atoms in total. The van der Waals surface area contributed by atoms with Crippen LogP contribution in [0.5, 0.6) is 5.75 Å². The fourth-order valence-corrected chi connectivity index (χ4v) is 4.13. The van der Waals surface area contributed by atoms with Crippen LogP contribution in [0, 0.1) is 0 Å². The number of fused-ring (bicyclic) bond motifs is 1. The summed E-state index contributed by atoms with van der Waals surface area (Å²) in [5, 5.41) is 17.6. The second kappa shape index (κ2) is 7.77. The number of carbonyl (C=O) groups is 1. The Hall–Kier alpha value is -2.64. The summed E-state index contributed by atoms with van der Waals surface area (Å²) in [5.74, 6) is 0.0420. The van der Waals surface area contributed by atoms with Gasteiger partial charge in [-0.3, -0.25) is 9.89 Å². The molecule has 1 aliphatic heterocycles. The van der Waals surface area contributed by atoms with Crippen molar-refractivity contribution < 1.29 is 14.6 Å². The van der Waals surface area contributed by atoms with Gasteiger partial charge in [0, 0.05) is 35.9 Å². The lowest BCUT2D eigenvalue weighted by atomic mass is 9.95. The van der Waals surface area contributed by atoms with Crippen LogP contribution in [0.1, 0.15) is 34.1 Å². The molecule has 1 amide bonds. The molecule has 1 aromatic heterocycles. The predicted molar refractivity (Wildman–Crippen MR) is 109 cm³/mol. The van der Waals surface area contributed by atoms with E-state index in [4.69, 9.17) is 4.74 Å². The number of aromatic amines is 1. The lowest BCUT2D eigenvalue weighted by Crippen LogP contribution is -2.31. The summed E-state index contributed by atoms with van der Waals surface area (Å²) in [6.07, 6.45) is 0.733. The zero-order chi connectivity index (χ0) is 19.7. The van der Waals surface area contributed by atoms with Gasteiger partial charge in [-0.05, 0) is 36.2 Å². The standard InChI is InChI=1S/C21H20BrN3O3/c1-28-11-5-10-25-20(13-6-4-7-14(22)12-13)17-18(23-24-19(17)21(25)27)15-8-2-3-9-16(15)26/h2-4,6-9,12,20,26H,5,10-11H2,1H3,(H,23,24). The molecule has 0 saturated carbocycles. The monoisotopic (exact) mass is 441 g/mol. The van der Waals surface area contributed by atoms with Crippen molar-refractivity contribution in [2.75, 3.05) is 20.3 Å². The van der Waals surface area contributed by atoms with Gasteiger partial charge in [-0.2, -0.15) is 5.10 Å². The minimum absolute atomic E-state index is 0.0924. The Morgan fingerprint density at radius 2 is 2.07 bits per heavy atom. The minimum atomic E-state index is -0.287. The average Bonchev–Trinajstić information content (AvgIpc) is 3.22. The number of hydrogen-bond acceptors (Lipinski definition) is 4. The summed E-state index contributed by atoms with van der Waals surface area (Å²) in [4.78, 5) is 15.0. The highest BCUT2D eigenvalue weighted by atomic mass is 79.9. The zero-order valence-corrected chi connectivity index (χ0v) is 16.9. The average molecular weight is 442 g/mol. The second-order valence-corrected chi connectivity index (χ2v) is 7.60. The number of ether oxygens (including phenoxy) is 1. The Kier molecular flexibility index (Phi) is 5.19. The van der Waals surface area contributed by atoms with Crippen molar-refractivity contribution in [2.45, 2.75) is 12.5 Å². The summed E-state index contributed by atoms with van der Waals surface area (Å²) in [6, 6.07) is 14.7. The van der Waals surface area contributed by atoms with Crippen LogP contribution >= 0.6 is 15.9 Å². The van der Waals surface area contributed by atoms with Gasteiger partial charge < -0.3 is 14.7 Å². The third-order valence-corrected chi connectivity index (χ3v) is 5.43. The molecule has 4 rings (SSSR count). The summed E-state index contributed by atoms with van der Waals surface area (Å²) < 4.78 is 6.11. The fraction of sp³-hybridized carbons (Fsp3) is 0.238. The van der Waals surface area contributed by atoms with E-state index in [2.05, 4.69) is 26.1 Å². The number of para-hydroxylation sites is 1. The number of hydrogen-bond donors (Lipinski definition) is 2. The van der Waals surface area contributed by atoms with Crippen molar-refractivity contribution in [2.24, 2.45) is 0 Å². The first-order valence-electron chi connectivity index (χ1n) is 9.03. The van der Waals surface area contributed by atoms with E-state index >= 15 is 0 Å². The first-order chi connectivity index (χ1) is 13.6. The number of phenols is 1. The highest BCUT2D eigenvalue weighted by molar-refractivity contribution is 9.10. The second-order valence-electron chi connectivity index (χ2n) is 6.68. The Morgan fingerprint density at radius 3 is 2.82 bits per heavy atom. The number of carbonyl (C=O) groups excluding carboxylic acids is 1. The summed E-state index contributed by atoms with van der Waals surface area (Å²) >= 11 is 3.53. The molecule has 2 heterocycles. The number of phenolic OH excluding ortho intramolecular Hbond substituents is 1. The maximum absolute atomic E-state index is 13.1. The summed E-state index contributed by atoms with van der Waals surface area (Å²) in [7, 11) is 1.65. The lowest BCUT2D eigenvalue weighted by molar-refractivity contribution is 0.0723. The van der Waals surface area contributed by atoms with Gasteiger partial charge in [0.2, 0.25) is 0 Å². The van der Waals surface area contributed by atoms with Gasteiger partial charge in [0.15, 0.2) is 0 Å². The molecule has 0 spiro atoms. The number of nitrogens with one attached hydrogen (secondary N) is 1. The smallest absolute Gasteiger partial charge is 0.273 e. The number of halogens is 1. The van der Waals surface area contributed by atoms with Crippen LogP contribution in [-0.2, 0) is 4.74 Å². The zero-order valence-electron chi connectivity index (χ0n) is 15.4. The molecule has 0 radical (unpaired) electrons. The van der Waals surface area contributed by atoms with E-state index in [1.165, 1.54) is 0 Å². The molecule has 2 aromatic carbocycles. The first-order valence-corrected chi connectivity index (χ1v) is 9.83. The van der Waals surface area contributed by atoms with Crippen LogP contribution in [0.4, 0.5) is 0 Å². The van der Waals surface area contributed by atoms with Crippen LogP contribution in [0.2, 0.25) is 0 Å². The van der Waals surface area contributed by atoms with E-state index in [0.717, 1.165) is 22.0 Å². The third-order valence-electron chi connectivity index (χ3n) is 4.93. The molecule has 1 aliphatic rings. The number of H-pyrrole nitrogens is 1. The van der Waals surface area contributed by atoms with Crippen molar-refractivity contribution in [3.63, 3.8) is 0 Å². The number of nitrogens with zero attached hydrogens (tertiary/aromatic N) is 2. The summed E-state index contributed by atoms with van der Waals surface area (Å²) in [6.45, 7) is 1.14. The Morgan fingerprint density at radius 1 is 1.25 bits per heavy atom. The van der Waals surface area contributed by atoms with Crippen molar-refractivity contribution in [3.05, 3.63) is 69.8 Å². The van der Waals surface area contributed by atoms with Crippen molar-refractivity contribution >= 4 is 21.8 Å². The van der Waals surface area contributed by atoms with E-state index in [1.54, 1.807) is 19.2 Å². The van der Waals surface area contributed by atoms with Crippen LogP contribution in [0.25, 0.3) is 11.3 Å². The molecular formula is C21H20BrN3O3. The highest BCUT2D eigenvalue weighted by Gasteiger charge is 2.42. The maximum atomic E-state index is 13.1. The van der Waals surface area contributed by atoms with Gasteiger partial charge in [-0.1, -0.05) is 40.2 Å². The highest BCUT2D eigenvalue weighted by Crippen LogP contribution is 2.44. The number of aromatic nitrogens is 2. The summed E-state index contributed by atoms with van der Waals surface area (Å²) in [5.41, 5.74) is 3.45. The van der Waals surface area contributed by atoms with Gasteiger partial charge >= 0.3 is 0 Å².